The van der Waals surface area contributed by atoms with E-state index in [1.165, 1.54) is 0 Å². The number of hydrogen-bond donors (Lipinski definition) is 6. The molecule has 2 aromatic heterocycles. The summed E-state index contributed by atoms with van der Waals surface area (Å²) in [5, 5.41) is 36.3. The molecule has 2 aromatic carbocycles. The number of likely N-dealkylation sites (N-methyl/N-ethyl adjacent to an activating group) is 2. The Balaban J connectivity index is 1.88. The van der Waals surface area contributed by atoms with Crippen LogP contribution in [0.2, 0.25) is 0 Å². The van der Waals surface area contributed by atoms with Crippen molar-refractivity contribution in [3.63, 3.8) is 0 Å². The number of hydrogen-bond acceptors (Lipinski definition) is 5. The fraction of sp³-hybridized carbons (Fsp3) is 0.304. The summed E-state index contributed by atoms with van der Waals surface area (Å²) in [5.74, 6) is 0.439. The average Bonchev–Trinajstić information content (AvgIpc) is 3.22. The van der Waals surface area contributed by atoms with Gasteiger partial charge in [-0.25, -0.2) is 0 Å². The number of rotatable bonds is 7. The molecule has 0 atom stereocenters. The largest absolute Gasteiger partial charge is 0.507 e. The molecule has 0 saturated heterocycles. The van der Waals surface area contributed by atoms with Crippen molar-refractivity contribution in [1.29, 1.82) is 0 Å². The Morgan fingerprint density at radius 3 is 2.40 bits per heavy atom. The summed E-state index contributed by atoms with van der Waals surface area (Å²) < 4.78 is 0. The van der Waals surface area contributed by atoms with Crippen LogP contribution in [-0.2, 0) is 12.8 Å². The van der Waals surface area contributed by atoms with Crippen LogP contribution in [-0.4, -0.2) is 64.4 Å². The molecule has 4 aromatic rings. The quantitative estimate of drug-likeness (QED) is 0.281. The van der Waals surface area contributed by atoms with Crippen molar-refractivity contribution in [2.75, 3.05) is 34.2 Å². The van der Waals surface area contributed by atoms with E-state index in [-0.39, 0.29) is 17.4 Å². The fourth-order valence-electron chi connectivity index (χ4n) is 4.13. The minimum absolute atomic E-state index is 0.0870. The van der Waals surface area contributed by atoms with E-state index >= 15 is 0 Å². The molecule has 0 bridgehead atoms. The molecule has 2 heterocycles. The zero-order valence-corrected chi connectivity index (χ0v) is 17.5. The summed E-state index contributed by atoms with van der Waals surface area (Å²) in [6.07, 6.45) is 1.34. The number of nitrogens with zero attached hydrogens (tertiary/aromatic N) is 1. The molecule has 7 heteroatoms. The van der Waals surface area contributed by atoms with E-state index in [9.17, 15) is 15.3 Å². The van der Waals surface area contributed by atoms with E-state index in [2.05, 4.69) is 15.3 Å². The number of fused-ring (bicyclic) bond motifs is 2. The summed E-state index contributed by atoms with van der Waals surface area (Å²) in [6, 6.07) is 9.07. The van der Waals surface area contributed by atoms with Crippen molar-refractivity contribution in [3.05, 3.63) is 41.5 Å². The molecule has 30 heavy (non-hydrogen) atoms. The highest BCUT2D eigenvalue weighted by atomic mass is 16.3. The minimum Gasteiger partial charge on any atom is -0.507 e. The normalized spacial score (nSPS) is 11.9. The first-order valence-electron chi connectivity index (χ1n) is 10.1. The Labute approximate surface area is 175 Å². The topological polar surface area (TPSA) is 108 Å². The third-order valence-electron chi connectivity index (χ3n) is 5.59. The smallest absolute Gasteiger partial charge is 0.192 e. The molecule has 0 aliphatic heterocycles. The van der Waals surface area contributed by atoms with Gasteiger partial charge in [0.2, 0.25) is 0 Å². The lowest BCUT2D eigenvalue weighted by atomic mass is 9.99. The predicted molar refractivity (Wildman–Crippen MR) is 120 cm³/mol. The lowest BCUT2D eigenvalue weighted by Gasteiger charge is -2.10. The summed E-state index contributed by atoms with van der Waals surface area (Å²) in [7, 11) is 5.84. The van der Waals surface area contributed by atoms with Crippen molar-refractivity contribution >= 4 is 21.8 Å². The molecule has 0 saturated carbocycles. The van der Waals surface area contributed by atoms with Gasteiger partial charge >= 0.3 is 0 Å². The average molecular weight is 409 g/mol. The van der Waals surface area contributed by atoms with Crippen molar-refractivity contribution in [1.82, 2.24) is 20.2 Å². The van der Waals surface area contributed by atoms with Crippen molar-refractivity contribution in [3.8, 4) is 28.6 Å². The van der Waals surface area contributed by atoms with Gasteiger partial charge in [0, 0.05) is 34.0 Å². The first-order chi connectivity index (χ1) is 14.4. The molecular formula is C23H28N4O3. The standard InChI is InChI=1S/C23H28N4O3/c1-24-9-7-14-20-16(5-4-6-18(20)28)25-22(14)13-11-17-21(19(29)12-13)15(23(30)26-17)8-10-27(2)3/h4-6,11-12,24-26,28-30H,7-10H2,1-3H3. The molecule has 0 aliphatic carbocycles. The lowest BCUT2D eigenvalue weighted by molar-refractivity contribution is 0.404. The molecule has 0 fully saturated rings. The molecule has 0 radical (unpaired) electrons. The fourth-order valence-corrected chi connectivity index (χ4v) is 4.13. The maximum Gasteiger partial charge on any atom is 0.192 e. The summed E-state index contributed by atoms with van der Waals surface area (Å²) in [4.78, 5) is 8.45. The molecule has 0 aliphatic rings. The molecule has 6 N–H and O–H groups in total. The predicted octanol–water partition coefficient (Wildman–Crippen LogP) is 3.30. The van der Waals surface area contributed by atoms with Gasteiger partial charge in [0.15, 0.2) is 5.88 Å². The van der Waals surface area contributed by atoms with Gasteiger partial charge in [-0.3, -0.25) is 0 Å². The Kier molecular flexibility index (Phi) is 5.32. The third-order valence-corrected chi connectivity index (χ3v) is 5.59. The molecule has 158 valence electrons. The van der Waals surface area contributed by atoms with Gasteiger partial charge in [-0.15, -0.1) is 0 Å². The van der Waals surface area contributed by atoms with Crippen molar-refractivity contribution in [2.24, 2.45) is 0 Å². The maximum absolute atomic E-state index is 10.8. The van der Waals surface area contributed by atoms with E-state index in [1.54, 1.807) is 18.2 Å². The second-order valence-electron chi connectivity index (χ2n) is 7.96. The van der Waals surface area contributed by atoms with Crippen LogP contribution in [0.25, 0.3) is 33.1 Å². The van der Waals surface area contributed by atoms with Crippen LogP contribution >= 0.6 is 0 Å². The van der Waals surface area contributed by atoms with Gasteiger partial charge in [0.25, 0.3) is 0 Å². The molecule has 7 nitrogen and oxygen atoms in total. The summed E-state index contributed by atoms with van der Waals surface area (Å²) >= 11 is 0. The van der Waals surface area contributed by atoms with E-state index in [0.29, 0.717) is 29.3 Å². The van der Waals surface area contributed by atoms with E-state index in [1.807, 2.05) is 38.2 Å². The Morgan fingerprint density at radius 2 is 1.67 bits per heavy atom. The van der Waals surface area contributed by atoms with Gasteiger partial charge < -0.3 is 35.5 Å². The first kappa shape index (κ1) is 20.1. The number of H-pyrrole nitrogens is 2. The minimum atomic E-state index is 0.0870. The number of phenols is 2. The second-order valence-corrected chi connectivity index (χ2v) is 7.96. The van der Waals surface area contributed by atoms with E-state index in [0.717, 1.165) is 40.8 Å². The highest BCUT2D eigenvalue weighted by Crippen LogP contribution is 2.41. The van der Waals surface area contributed by atoms with Crippen LogP contribution in [0.4, 0.5) is 0 Å². The molecule has 0 unspecified atom stereocenters. The highest BCUT2D eigenvalue weighted by Gasteiger charge is 2.20. The maximum atomic E-state index is 10.8. The van der Waals surface area contributed by atoms with E-state index < -0.39 is 0 Å². The summed E-state index contributed by atoms with van der Waals surface area (Å²) in [5.41, 5.74) is 4.87. The first-order valence-corrected chi connectivity index (χ1v) is 10.1. The SMILES string of the molecule is CNCCc1c(-c2cc(O)c3c(CCN(C)C)c(O)[nH]c3c2)[nH]c2cccc(O)c12. The van der Waals surface area contributed by atoms with Gasteiger partial charge in [0.05, 0.1) is 11.2 Å². The molecular weight excluding hydrogens is 380 g/mol. The highest BCUT2D eigenvalue weighted by molar-refractivity contribution is 5.99. The number of nitrogens with one attached hydrogen (secondary N) is 3. The number of benzene rings is 2. The lowest BCUT2D eigenvalue weighted by Crippen LogP contribution is -2.14. The molecule has 0 spiro atoms. The zero-order chi connectivity index (χ0) is 21.4. The zero-order valence-electron chi connectivity index (χ0n) is 17.5. The Morgan fingerprint density at radius 1 is 0.900 bits per heavy atom. The second kappa shape index (κ2) is 7.93. The van der Waals surface area contributed by atoms with Crippen LogP contribution in [0.3, 0.4) is 0 Å². The summed E-state index contributed by atoms with van der Waals surface area (Å²) in [6.45, 7) is 1.51. The van der Waals surface area contributed by atoms with Crippen LogP contribution in [0.5, 0.6) is 17.4 Å². The van der Waals surface area contributed by atoms with Crippen LogP contribution in [0, 0.1) is 0 Å². The number of phenolic OH excluding ortho intramolecular Hbond substituents is 2. The van der Waals surface area contributed by atoms with Gasteiger partial charge in [-0.2, -0.15) is 0 Å². The number of aromatic hydroxyl groups is 3. The third kappa shape index (κ3) is 3.46. The van der Waals surface area contributed by atoms with Crippen LogP contribution < -0.4 is 5.32 Å². The Bertz CT molecular complexity index is 1210. The van der Waals surface area contributed by atoms with Crippen molar-refractivity contribution < 1.29 is 15.3 Å². The van der Waals surface area contributed by atoms with Crippen LogP contribution in [0.1, 0.15) is 11.1 Å². The van der Waals surface area contributed by atoms with Gasteiger partial charge in [-0.05, 0) is 70.4 Å². The molecule has 0 amide bonds. The van der Waals surface area contributed by atoms with Crippen molar-refractivity contribution in [2.45, 2.75) is 12.8 Å². The number of aromatic nitrogens is 2. The molecule has 4 rings (SSSR count). The van der Waals surface area contributed by atoms with Gasteiger partial charge in [0.1, 0.15) is 11.5 Å². The number of aromatic amines is 2. The van der Waals surface area contributed by atoms with Crippen LogP contribution in [0.15, 0.2) is 30.3 Å². The van der Waals surface area contributed by atoms with Gasteiger partial charge in [-0.1, -0.05) is 6.07 Å². The Hall–Kier alpha value is -3.16. The monoisotopic (exact) mass is 408 g/mol. The van der Waals surface area contributed by atoms with E-state index in [4.69, 9.17) is 0 Å².